The molecule has 0 aliphatic rings. The number of hydrogen-bond donors (Lipinski definition) is 1. The number of aliphatic hydroxyl groups is 1. The van der Waals surface area contributed by atoms with Crippen molar-refractivity contribution in [1.82, 2.24) is 9.59 Å². The van der Waals surface area contributed by atoms with Gasteiger partial charge in [-0.05, 0) is 17.1 Å². The molecule has 2 rings (SSSR count). The molecule has 0 saturated carbocycles. The minimum Gasteiger partial charge on any atom is -0.383 e. The van der Waals surface area contributed by atoms with Crippen molar-refractivity contribution in [3.63, 3.8) is 0 Å². The Morgan fingerprint density at radius 3 is 2.62 bits per heavy atom. The fourth-order valence-electron chi connectivity index (χ4n) is 1.09. The van der Waals surface area contributed by atoms with Crippen LogP contribution in [-0.2, 0) is 0 Å². The Kier molecular flexibility index (Phi) is 2.33. The Balaban J connectivity index is 2.29. The van der Waals surface area contributed by atoms with E-state index in [1.165, 1.54) is 11.5 Å². The smallest absolute Gasteiger partial charge is 0.116 e. The second kappa shape index (κ2) is 3.64. The van der Waals surface area contributed by atoms with E-state index in [0.717, 1.165) is 10.4 Å². The van der Waals surface area contributed by atoms with Gasteiger partial charge in [-0.25, -0.2) is 0 Å². The topological polar surface area (TPSA) is 46.0 Å². The van der Waals surface area contributed by atoms with Gasteiger partial charge in [0.15, 0.2) is 0 Å². The van der Waals surface area contributed by atoms with Gasteiger partial charge in [-0.3, -0.25) is 0 Å². The van der Waals surface area contributed by atoms with Crippen LogP contribution in [-0.4, -0.2) is 14.7 Å². The van der Waals surface area contributed by atoms with Crippen LogP contribution in [0.2, 0.25) is 0 Å². The summed E-state index contributed by atoms with van der Waals surface area (Å²) in [4.78, 5) is 0.770. The zero-order valence-electron chi connectivity index (χ0n) is 6.79. The van der Waals surface area contributed by atoms with Gasteiger partial charge in [0.2, 0.25) is 0 Å². The summed E-state index contributed by atoms with van der Waals surface area (Å²) in [6.07, 6.45) is 0.990. The summed E-state index contributed by atoms with van der Waals surface area (Å²) in [5.41, 5.74) is 0.869. The lowest BCUT2D eigenvalue weighted by Crippen LogP contribution is -1.95. The summed E-state index contributed by atoms with van der Waals surface area (Å²) in [7, 11) is 0. The Hall–Kier alpha value is -1.26. The highest BCUT2D eigenvalue weighted by atomic mass is 32.1. The first kappa shape index (κ1) is 8.34. The molecule has 66 valence electrons. The molecular weight excluding hydrogens is 184 g/mol. The molecule has 1 atom stereocenters. The molecule has 0 aliphatic heterocycles. The molecule has 0 saturated heterocycles. The molecule has 2 aromatic rings. The van der Waals surface area contributed by atoms with Gasteiger partial charge in [-0.1, -0.05) is 34.8 Å². The molecule has 1 unspecified atom stereocenters. The molecular formula is C9H8N2OS. The zero-order chi connectivity index (χ0) is 9.10. The number of aromatic nitrogens is 2. The maximum absolute atomic E-state index is 9.81. The van der Waals surface area contributed by atoms with E-state index in [4.69, 9.17) is 0 Å². The van der Waals surface area contributed by atoms with E-state index in [2.05, 4.69) is 9.59 Å². The van der Waals surface area contributed by atoms with Gasteiger partial charge in [-0.15, -0.1) is 5.10 Å². The van der Waals surface area contributed by atoms with E-state index in [9.17, 15) is 5.11 Å². The molecule has 0 radical (unpaired) electrons. The van der Waals surface area contributed by atoms with Crippen LogP contribution in [0.25, 0.3) is 0 Å². The summed E-state index contributed by atoms with van der Waals surface area (Å²) in [6.45, 7) is 0. The molecule has 4 heteroatoms. The van der Waals surface area contributed by atoms with Gasteiger partial charge in [0, 0.05) is 0 Å². The van der Waals surface area contributed by atoms with Crippen LogP contribution in [0.1, 0.15) is 16.5 Å². The Labute approximate surface area is 79.8 Å². The highest BCUT2D eigenvalue weighted by Crippen LogP contribution is 2.22. The number of nitrogens with zero attached hydrogens (tertiary/aromatic N) is 2. The third kappa shape index (κ3) is 1.74. The Morgan fingerprint density at radius 1 is 1.23 bits per heavy atom. The maximum Gasteiger partial charge on any atom is 0.116 e. The largest absolute Gasteiger partial charge is 0.383 e. The van der Waals surface area contributed by atoms with Crippen LogP contribution in [0.3, 0.4) is 0 Å². The summed E-state index contributed by atoms with van der Waals surface area (Å²) >= 11 is 1.21. The predicted molar refractivity (Wildman–Crippen MR) is 50.4 cm³/mol. The lowest BCUT2D eigenvalue weighted by atomic mass is 10.1. The number of benzene rings is 1. The van der Waals surface area contributed by atoms with Crippen molar-refractivity contribution >= 4 is 11.5 Å². The van der Waals surface area contributed by atoms with Crippen LogP contribution in [0, 0.1) is 0 Å². The molecule has 1 heterocycles. The first-order valence-electron chi connectivity index (χ1n) is 3.88. The fourth-order valence-corrected chi connectivity index (χ4v) is 1.61. The Morgan fingerprint density at radius 2 is 2.00 bits per heavy atom. The van der Waals surface area contributed by atoms with Gasteiger partial charge in [0.05, 0.1) is 11.1 Å². The first-order chi connectivity index (χ1) is 6.38. The van der Waals surface area contributed by atoms with Crippen molar-refractivity contribution in [1.29, 1.82) is 0 Å². The van der Waals surface area contributed by atoms with Crippen LogP contribution >= 0.6 is 11.5 Å². The SMILES string of the molecule is OC(c1ccccc1)c1cnns1. The number of rotatable bonds is 2. The van der Waals surface area contributed by atoms with Crippen molar-refractivity contribution in [3.8, 4) is 0 Å². The summed E-state index contributed by atoms with van der Waals surface area (Å²) in [5.74, 6) is 0. The minimum atomic E-state index is -0.596. The molecule has 0 bridgehead atoms. The fraction of sp³-hybridized carbons (Fsp3) is 0.111. The second-order valence-corrected chi connectivity index (χ2v) is 3.45. The van der Waals surface area contributed by atoms with Crippen LogP contribution in [0.5, 0.6) is 0 Å². The van der Waals surface area contributed by atoms with Crippen molar-refractivity contribution in [2.45, 2.75) is 6.10 Å². The molecule has 0 amide bonds. The molecule has 3 nitrogen and oxygen atoms in total. The lowest BCUT2D eigenvalue weighted by Gasteiger charge is -2.06. The molecule has 13 heavy (non-hydrogen) atoms. The van der Waals surface area contributed by atoms with Crippen molar-refractivity contribution in [2.75, 3.05) is 0 Å². The summed E-state index contributed by atoms with van der Waals surface area (Å²) in [6, 6.07) is 9.47. The first-order valence-corrected chi connectivity index (χ1v) is 4.65. The standard InChI is InChI=1S/C9H8N2OS/c12-9(8-6-10-11-13-8)7-4-2-1-3-5-7/h1-6,9,12H. The predicted octanol–water partition coefficient (Wildman–Crippen LogP) is 1.62. The number of hydrogen-bond acceptors (Lipinski definition) is 4. The van der Waals surface area contributed by atoms with Gasteiger partial charge < -0.3 is 5.11 Å². The van der Waals surface area contributed by atoms with Crippen LogP contribution in [0.15, 0.2) is 36.5 Å². The monoisotopic (exact) mass is 192 g/mol. The van der Waals surface area contributed by atoms with E-state index < -0.39 is 6.10 Å². The van der Waals surface area contributed by atoms with Gasteiger partial charge in [-0.2, -0.15) is 0 Å². The average molecular weight is 192 g/mol. The quantitative estimate of drug-likeness (QED) is 0.786. The normalized spacial score (nSPS) is 12.7. The third-order valence-corrected chi connectivity index (χ3v) is 2.48. The summed E-state index contributed by atoms with van der Waals surface area (Å²) < 4.78 is 3.70. The summed E-state index contributed by atoms with van der Waals surface area (Å²) in [5, 5.41) is 13.5. The molecule has 1 aromatic carbocycles. The van der Waals surface area contributed by atoms with Gasteiger partial charge in [0.1, 0.15) is 6.10 Å². The lowest BCUT2D eigenvalue weighted by molar-refractivity contribution is 0.224. The van der Waals surface area contributed by atoms with Crippen LogP contribution < -0.4 is 0 Å². The van der Waals surface area contributed by atoms with E-state index in [1.807, 2.05) is 30.3 Å². The highest BCUT2D eigenvalue weighted by Gasteiger charge is 2.11. The average Bonchev–Trinajstić information content (AvgIpc) is 2.71. The Bertz CT molecular complexity index is 360. The molecule has 0 spiro atoms. The highest BCUT2D eigenvalue weighted by molar-refractivity contribution is 7.05. The zero-order valence-corrected chi connectivity index (χ0v) is 7.61. The van der Waals surface area contributed by atoms with E-state index in [0.29, 0.717) is 0 Å². The maximum atomic E-state index is 9.81. The molecule has 1 aromatic heterocycles. The van der Waals surface area contributed by atoms with E-state index >= 15 is 0 Å². The van der Waals surface area contributed by atoms with Gasteiger partial charge in [0.25, 0.3) is 0 Å². The van der Waals surface area contributed by atoms with Crippen molar-refractivity contribution < 1.29 is 5.11 Å². The van der Waals surface area contributed by atoms with E-state index in [1.54, 1.807) is 6.20 Å². The second-order valence-electron chi connectivity index (χ2n) is 2.63. The molecule has 0 fully saturated rings. The molecule has 0 aliphatic carbocycles. The van der Waals surface area contributed by atoms with Crippen molar-refractivity contribution in [3.05, 3.63) is 47.0 Å². The third-order valence-electron chi connectivity index (χ3n) is 1.76. The van der Waals surface area contributed by atoms with Crippen LogP contribution in [0.4, 0.5) is 0 Å². The minimum absolute atomic E-state index is 0.596. The van der Waals surface area contributed by atoms with Gasteiger partial charge >= 0.3 is 0 Å². The number of aliphatic hydroxyl groups excluding tert-OH is 1. The van der Waals surface area contributed by atoms with Crippen molar-refractivity contribution in [2.24, 2.45) is 0 Å². The van der Waals surface area contributed by atoms with E-state index in [-0.39, 0.29) is 0 Å². The molecule has 1 N–H and O–H groups in total.